The summed E-state index contributed by atoms with van der Waals surface area (Å²) in [4.78, 5) is 1.45. The third kappa shape index (κ3) is 1.70. The minimum absolute atomic E-state index is 0.453. The lowest BCUT2D eigenvalue weighted by atomic mass is 10.0. The van der Waals surface area contributed by atoms with Gasteiger partial charge in [-0.15, -0.1) is 22.9 Å². The van der Waals surface area contributed by atoms with Crippen LogP contribution < -0.4 is 0 Å². The van der Waals surface area contributed by atoms with Gasteiger partial charge in [0.2, 0.25) is 0 Å². The Morgan fingerprint density at radius 3 is 2.75 bits per heavy atom. The Morgan fingerprint density at radius 1 is 1.58 bits per heavy atom. The lowest BCUT2D eigenvalue weighted by Crippen LogP contribution is -2.05. The van der Waals surface area contributed by atoms with Crippen LogP contribution in [0.5, 0.6) is 0 Å². The highest BCUT2D eigenvalue weighted by Gasteiger charge is 2.42. The van der Waals surface area contributed by atoms with Crippen molar-refractivity contribution in [3.63, 3.8) is 0 Å². The molecule has 2 rings (SSSR count). The molecule has 0 radical (unpaired) electrons. The molecule has 3 heteroatoms. The van der Waals surface area contributed by atoms with Crippen LogP contribution in [0.2, 0.25) is 0 Å². The first-order valence-electron chi connectivity index (χ1n) is 4.04. The summed E-state index contributed by atoms with van der Waals surface area (Å²) in [5, 5.41) is 2.13. The van der Waals surface area contributed by atoms with Gasteiger partial charge in [-0.25, -0.2) is 0 Å². The SMILES string of the molecule is ClCC1(Cc2sccc2Br)CC1. The Morgan fingerprint density at radius 2 is 2.33 bits per heavy atom. The second kappa shape index (κ2) is 3.32. The molecule has 0 saturated heterocycles. The Balaban J connectivity index is 2.08. The van der Waals surface area contributed by atoms with Crippen LogP contribution in [-0.2, 0) is 6.42 Å². The van der Waals surface area contributed by atoms with Crippen LogP contribution in [-0.4, -0.2) is 5.88 Å². The van der Waals surface area contributed by atoms with E-state index in [0.29, 0.717) is 5.41 Å². The highest BCUT2D eigenvalue weighted by molar-refractivity contribution is 9.10. The molecule has 1 heterocycles. The van der Waals surface area contributed by atoms with Gasteiger partial charge in [0.05, 0.1) is 0 Å². The van der Waals surface area contributed by atoms with Gasteiger partial charge in [0, 0.05) is 15.2 Å². The van der Waals surface area contributed by atoms with Crippen LogP contribution in [0.25, 0.3) is 0 Å². The van der Waals surface area contributed by atoms with E-state index in [-0.39, 0.29) is 0 Å². The zero-order valence-corrected chi connectivity index (χ0v) is 9.81. The van der Waals surface area contributed by atoms with E-state index in [1.54, 1.807) is 0 Å². The van der Waals surface area contributed by atoms with E-state index < -0.39 is 0 Å². The third-order valence-electron chi connectivity index (χ3n) is 2.47. The number of rotatable bonds is 3. The molecule has 0 bridgehead atoms. The van der Waals surface area contributed by atoms with Gasteiger partial charge >= 0.3 is 0 Å². The molecule has 0 amide bonds. The van der Waals surface area contributed by atoms with Crippen molar-refractivity contribution in [3.8, 4) is 0 Å². The molecule has 1 saturated carbocycles. The molecular formula is C9H10BrClS. The molecule has 12 heavy (non-hydrogen) atoms. The molecular weight excluding hydrogens is 256 g/mol. The van der Waals surface area contributed by atoms with Gasteiger partial charge < -0.3 is 0 Å². The van der Waals surface area contributed by atoms with Crippen molar-refractivity contribution in [3.05, 3.63) is 20.8 Å². The van der Waals surface area contributed by atoms with Crippen molar-refractivity contribution in [2.24, 2.45) is 5.41 Å². The van der Waals surface area contributed by atoms with Gasteiger partial charge in [-0.3, -0.25) is 0 Å². The average Bonchev–Trinajstić information content (AvgIpc) is 2.74. The summed E-state index contributed by atoms with van der Waals surface area (Å²) in [6, 6.07) is 2.12. The normalized spacial score (nSPS) is 19.5. The lowest BCUT2D eigenvalue weighted by Gasteiger charge is -2.08. The second-order valence-electron chi connectivity index (χ2n) is 3.50. The molecule has 0 atom stereocenters. The topological polar surface area (TPSA) is 0 Å². The fraction of sp³-hybridized carbons (Fsp3) is 0.556. The van der Waals surface area contributed by atoms with Gasteiger partial charge in [-0.2, -0.15) is 0 Å². The maximum absolute atomic E-state index is 5.91. The van der Waals surface area contributed by atoms with E-state index in [4.69, 9.17) is 11.6 Å². The van der Waals surface area contributed by atoms with Crippen molar-refractivity contribution in [1.29, 1.82) is 0 Å². The molecule has 0 aliphatic heterocycles. The van der Waals surface area contributed by atoms with E-state index in [2.05, 4.69) is 27.4 Å². The van der Waals surface area contributed by atoms with Gasteiger partial charge in [0.1, 0.15) is 0 Å². The molecule has 66 valence electrons. The Hall–Kier alpha value is 0.470. The van der Waals surface area contributed by atoms with Gasteiger partial charge in [-0.1, -0.05) is 0 Å². The largest absolute Gasteiger partial charge is 0.148 e. The average molecular weight is 266 g/mol. The van der Waals surface area contributed by atoms with Gasteiger partial charge in [0.15, 0.2) is 0 Å². The Labute approximate surface area is 90.1 Å². The molecule has 0 nitrogen and oxygen atoms in total. The maximum atomic E-state index is 5.91. The predicted molar refractivity (Wildman–Crippen MR) is 58.1 cm³/mol. The summed E-state index contributed by atoms with van der Waals surface area (Å²) in [7, 11) is 0. The highest BCUT2D eigenvalue weighted by Crippen LogP contribution is 2.50. The van der Waals surface area contributed by atoms with Crippen LogP contribution >= 0.6 is 38.9 Å². The van der Waals surface area contributed by atoms with Crippen LogP contribution in [0, 0.1) is 5.41 Å². The molecule has 0 N–H and O–H groups in total. The number of alkyl halides is 1. The smallest absolute Gasteiger partial charge is 0.0314 e. The summed E-state index contributed by atoms with van der Waals surface area (Å²) in [6.07, 6.45) is 3.77. The molecule has 1 aliphatic rings. The lowest BCUT2D eigenvalue weighted by molar-refractivity contribution is 0.583. The zero-order chi connectivity index (χ0) is 8.60. The molecule has 1 aromatic rings. The first kappa shape index (κ1) is 9.04. The summed E-state index contributed by atoms with van der Waals surface area (Å²) in [5.74, 6) is 0.817. The van der Waals surface area contributed by atoms with E-state index in [0.717, 1.165) is 12.3 Å². The van der Waals surface area contributed by atoms with Crippen LogP contribution in [0.3, 0.4) is 0 Å². The predicted octanol–water partition coefficient (Wildman–Crippen LogP) is 4.07. The second-order valence-corrected chi connectivity index (χ2v) is 5.62. The van der Waals surface area contributed by atoms with Crippen molar-refractivity contribution < 1.29 is 0 Å². The van der Waals surface area contributed by atoms with Crippen molar-refractivity contribution in [2.75, 3.05) is 5.88 Å². The minimum Gasteiger partial charge on any atom is -0.148 e. The quantitative estimate of drug-likeness (QED) is 0.723. The number of halogens is 2. The molecule has 0 unspecified atom stereocenters. The van der Waals surface area contributed by atoms with Gasteiger partial charge in [-0.05, 0) is 52.1 Å². The van der Waals surface area contributed by atoms with E-state index in [1.807, 2.05) is 11.3 Å². The van der Waals surface area contributed by atoms with Crippen LogP contribution in [0.15, 0.2) is 15.9 Å². The van der Waals surface area contributed by atoms with E-state index >= 15 is 0 Å². The number of hydrogen-bond donors (Lipinski definition) is 0. The van der Waals surface area contributed by atoms with Crippen LogP contribution in [0.4, 0.5) is 0 Å². The van der Waals surface area contributed by atoms with Crippen molar-refractivity contribution in [2.45, 2.75) is 19.3 Å². The maximum Gasteiger partial charge on any atom is 0.0314 e. The zero-order valence-electron chi connectivity index (χ0n) is 6.65. The highest BCUT2D eigenvalue weighted by atomic mass is 79.9. The Bertz CT molecular complexity index is 278. The molecule has 1 fully saturated rings. The first-order valence-corrected chi connectivity index (χ1v) is 6.24. The fourth-order valence-corrected chi connectivity index (χ4v) is 3.35. The molecule has 0 spiro atoms. The van der Waals surface area contributed by atoms with E-state index in [1.165, 1.54) is 22.2 Å². The summed E-state index contributed by atoms with van der Waals surface area (Å²) < 4.78 is 1.25. The summed E-state index contributed by atoms with van der Waals surface area (Å²) in [5.41, 5.74) is 0.453. The molecule has 0 aromatic carbocycles. The first-order chi connectivity index (χ1) is 5.76. The number of hydrogen-bond acceptors (Lipinski definition) is 1. The van der Waals surface area contributed by atoms with Crippen molar-refractivity contribution >= 4 is 38.9 Å². The minimum atomic E-state index is 0.453. The summed E-state index contributed by atoms with van der Waals surface area (Å²) in [6.45, 7) is 0. The molecule has 1 aromatic heterocycles. The van der Waals surface area contributed by atoms with E-state index in [9.17, 15) is 0 Å². The summed E-state index contributed by atoms with van der Waals surface area (Å²) >= 11 is 11.3. The Kier molecular flexibility index (Phi) is 2.50. The fourth-order valence-electron chi connectivity index (χ4n) is 1.33. The van der Waals surface area contributed by atoms with Crippen LogP contribution in [0.1, 0.15) is 17.7 Å². The third-order valence-corrected chi connectivity index (χ3v) is 4.96. The van der Waals surface area contributed by atoms with Crippen molar-refractivity contribution in [1.82, 2.24) is 0 Å². The number of thiophene rings is 1. The standard InChI is InChI=1S/C9H10BrClS/c10-7-1-4-12-8(7)5-9(6-11)2-3-9/h1,4H,2-3,5-6H2. The molecule has 1 aliphatic carbocycles. The monoisotopic (exact) mass is 264 g/mol. The van der Waals surface area contributed by atoms with Gasteiger partial charge in [0.25, 0.3) is 0 Å².